The lowest BCUT2D eigenvalue weighted by Gasteiger charge is -2.18. The molecule has 228 valence electrons. The number of anilines is 2. The lowest BCUT2D eigenvalue weighted by atomic mass is 10.1. The molecule has 9 nitrogen and oxygen atoms in total. The van der Waals surface area contributed by atoms with Crippen LogP contribution in [0.5, 0.6) is 17.2 Å². The van der Waals surface area contributed by atoms with Gasteiger partial charge in [-0.1, -0.05) is 49.7 Å². The van der Waals surface area contributed by atoms with E-state index < -0.39 is 0 Å². The number of ether oxygens (including phenoxy) is 3. The molecule has 0 unspecified atom stereocenters. The van der Waals surface area contributed by atoms with E-state index in [0.717, 1.165) is 47.9 Å². The van der Waals surface area contributed by atoms with E-state index in [1.807, 2.05) is 72.8 Å². The van der Waals surface area contributed by atoms with Gasteiger partial charge in [0.2, 0.25) is 5.95 Å². The zero-order valence-electron chi connectivity index (χ0n) is 25.3. The zero-order valence-corrected chi connectivity index (χ0v) is 26.1. The van der Waals surface area contributed by atoms with Crippen molar-refractivity contribution in [2.24, 2.45) is 7.05 Å². The summed E-state index contributed by atoms with van der Waals surface area (Å²) in [5.74, 6) is 2.56. The first-order chi connectivity index (χ1) is 21.4. The van der Waals surface area contributed by atoms with Crippen LogP contribution in [-0.4, -0.2) is 52.8 Å². The summed E-state index contributed by atoms with van der Waals surface area (Å²) in [4.78, 5) is 24.8. The van der Waals surface area contributed by atoms with E-state index in [0.29, 0.717) is 41.5 Å². The Morgan fingerprint density at radius 1 is 0.864 bits per heavy atom. The Morgan fingerprint density at radius 2 is 1.50 bits per heavy atom. The quantitative estimate of drug-likeness (QED) is 0.147. The van der Waals surface area contributed by atoms with Crippen LogP contribution in [0.15, 0.2) is 83.7 Å². The van der Waals surface area contributed by atoms with Gasteiger partial charge >= 0.3 is 0 Å². The van der Waals surface area contributed by atoms with Gasteiger partial charge in [0, 0.05) is 24.8 Å². The van der Waals surface area contributed by atoms with E-state index in [2.05, 4.69) is 34.0 Å². The molecule has 0 fully saturated rings. The molecule has 0 saturated carbocycles. The number of pyridine rings is 1. The summed E-state index contributed by atoms with van der Waals surface area (Å²) in [6.07, 6.45) is 0. The Kier molecular flexibility index (Phi) is 9.99. The van der Waals surface area contributed by atoms with Crippen LogP contribution < -0.4 is 25.1 Å². The van der Waals surface area contributed by atoms with Crippen LogP contribution in [0.1, 0.15) is 19.4 Å². The smallest absolute Gasteiger partial charge is 0.259 e. The maximum atomic E-state index is 13.4. The normalized spacial score (nSPS) is 11.1. The number of aromatic nitrogens is 3. The highest BCUT2D eigenvalue weighted by Crippen LogP contribution is 2.28. The highest BCUT2D eigenvalue weighted by Gasteiger charge is 2.15. The minimum Gasteiger partial charge on any atom is -0.497 e. The molecule has 2 heterocycles. The maximum Gasteiger partial charge on any atom is 0.259 e. The summed E-state index contributed by atoms with van der Waals surface area (Å²) in [5.41, 5.74) is 3.25. The Balaban J connectivity index is 1.28. The lowest BCUT2D eigenvalue weighted by molar-refractivity contribution is 0.223. The van der Waals surface area contributed by atoms with E-state index in [1.54, 1.807) is 20.2 Å². The van der Waals surface area contributed by atoms with Crippen molar-refractivity contribution in [3.8, 4) is 28.4 Å². The first-order valence-corrected chi connectivity index (χ1v) is 14.9. The molecule has 44 heavy (non-hydrogen) atoms. The van der Waals surface area contributed by atoms with Crippen molar-refractivity contribution in [2.45, 2.75) is 20.5 Å². The number of methoxy groups -OCH3 is 1. The number of aryl methyl sites for hydroxylation is 1. The number of hydrogen-bond donors (Lipinski definition) is 1. The van der Waals surface area contributed by atoms with Crippen LogP contribution >= 0.6 is 11.6 Å². The second-order valence-electron chi connectivity index (χ2n) is 10.2. The Morgan fingerprint density at radius 3 is 2.16 bits per heavy atom. The van der Waals surface area contributed by atoms with Gasteiger partial charge in [-0.25, -0.2) is 4.98 Å². The van der Waals surface area contributed by atoms with E-state index in [9.17, 15) is 4.79 Å². The van der Waals surface area contributed by atoms with Gasteiger partial charge in [-0.05, 0) is 78.8 Å². The van der Waals surface area contributed by atoms with E-state index >= 15 is 0 Å². The molecule has 10 heteroatoms. The fourth-order valence-electron chi connectivity index (χ4n) is 4.77. The topological polar surface area (TPSA) is 90.7 Å². The molecule has 0 spiro atoms. The molecule has 0 aliphatic rings. The molecule has 0 amide bonds. The molecular weight excluding hydrogens is 578 g/mol. The second kappa shape index (κ2) is 14.2. The number of nitrogens with zero attached hydrogens (tertiary/aromatic N) is 4. The Labute approximate surface area is 262 Å². The third kappa shape index (κ3) is 7.30. The monoisotopic (exact) mass is 613 g/mol. The molecule has 2 aromatic heterocycles. The summed E-state index contributed by atoms with van der Waals surface area (Å²) >= 11 is 6.63. The van der Waals surface area contributed by atoms with Gasteiger partial charge in [0.1, 0.15) is 41.3 Å². The van der Waals surface area contributed by atoms with Crippen LogP contribution in [0.4, 0.5) is 11.6 Å². The van der Waals surface area contributed by atoms with Gasteiger partial charge in [-0.15, -0.1) is 0 Å². The SMILES string of the molecule is CCN(CC)CCOc1ccc(Nc2nc(Cl)c3cc(-c4ccc(OCc5ccc(OC)cc5)cc4)c(=O)n(C)c3n2)cc1. The first-order valence-electron chi connectivity index (χ1n) is 14.5. The van der Waals surface area contributed by atoms with Gasteiger partial charge in [0.05, 0.1) is 12.5 Å². The van der Waals surface area contributed by atoms with Gasteiger partial charge in [-0.2, -0.15) is 4.98 Å². The second-order valence-corrected chi connectivity index (χ2v) is 10.5. The van der Waals surface area contributed by atoms with Crippen molar-refractivity contribution in [2.75, 3.05) is 38.7 Å². The number of benzene rings is 3. The molecule has 1 N–H and O–H groups in total. The van der Waals surface area contributed by atoms with Crippen molar-refractivity contribution >= 4 is 34.3 Å². The number of halogens is 1. The predicted octanol–water partition coefficient (Wildman–Crippen LogP) is 6.70. The first kappa shape index (κ1) is 30.8. The number of likely N-dealkylation sites (N-methyl/N-ethyl adjacent to an activating group) is 1. The minimum absolute atomic E-state index is 0.198. The average Bonchev–Trinajstić information content (AvgIpc) is 3.05. The lowest BCUT2D eigenvalue weighted by Crippen LogP contribution is -2.27. The summed E-state index contributed by atoms with van der Waals surface area (Å²) in [6, 6.07) is 24.4. The minimum atomic E-state index is -0.198. The molecule has 0 bridgehead atoms. The Hall–Kier alpha value is -4.60. The summed E-state index contributed by atoms with van der Waals surface area (Å²) < 4.78 is 18.5. The Bertz CT molecular complexity index is 1750. The third-order valence-corrected chi connectivity index (χ3v) is 7.72. The van der Waals surface area contributed by atoms with Crippen LogP contribution in [0.2, 0.25) is 5.15 Å². The molecule has 0 radical (unpaired) electrons. The molecule has 3 aromatic carbocycles. The molecule has 0 atom stereocenters. The van der Waals surface area contributed by atoms with Gasteiger partial charge in [0.25, 0.3) is 5.56 Å². The summed E-state index contributed by atoms with van der Waals surface area (Å²) in [6.45, 7) is 8.20. The standard InChI is InChI=1S/C34H36ClN5O4/c1-5-40(6-2)19-20-43-27-17-11-25(12-18-27)36-34-37-31(35)30-21-29(33(41)39(3)32(30)38-34)24-9-15-28(16-10-24)44-22-23-7-13-26(42-4)14-8-23/h7-18,21H,5-6,19-20,22H2,1-4H3,(H,36,37,38). The molecule has 5 rings (SSSR count). The van der Waals surface area contributed by atoms with Crippen LogP contribution in [-0.2, 0) is 13.7 Å². The number of fused-ring (bicyclic) bond motifs is 1. The number of hydrogen-bond acceptors (Lipinski definition) is 8. The average molecular weight is 614 g/mol. The van der Waals surface area contributed by atoms with Crippen LogP contribution in [0.3, 0.4) is 0 Å². The zero-order chi connectivity index (χ0) is 31.1. The molecule has 0 saturated heterocycles. The molecular formula is C34H36ClN5O4. The van der Waals surface area contributed by atoms with Crippen LogP contribution in [0.25, 0.3) is 22.2 Å². The van der Waals surface area contributed by atoms with Gasteiger partial charge in [0.15, 0.2) is 0 Å². The molecule has 0 aliphatic heterocycles. The van der Waals surface area contributed by atoms with Crippen molar-refractivity contribution in [1.29, 1.82) is 0 Å². The van der Waals surface area contributed by atoms with E-state index in [-0.39, 0.29) is 10.7 Å². The third-order valence-electron chi connectivity index (χ3n) is 7.43. The highest BCUT2D eigenvalue weighted by molar-refractivity contribution is 6.34. The fourth-order valence-corrected chi connectivity index (χ4v) is 4.99. The number of rotatable bonds is 13. The largest absolute Gasteiger partial charge is 0.497 e. The predicted molar refractivity (Wildman–Crippen MR) is 176 cm³/mol. The van der Waals surface area contributed by atoms with Crippen LogP contribution in [0, 0.1) is 0 Å². The molecule has 5 aromatic rings. The van der Waals surface area contributed by atoms with E-state index in [4.69, 9.17) is 25.8 Å². The van der Waals surface area contributed by atoms with Crippen molar-refractivity contribution in [3.63, 3.8) is 0 Å². The van der Waals surface area contributed by atoms with Crippen molar-refractivity contribution in [3.05, 3.63) is 99.9 Å². The summed E-state index contributed by atoms with van der Waals surface area (Å²) in [7, 11) is 3.32. The fraction of sp³-hybridized carbons (Fsp3) is 0.265. The molecule has 0 aliphatic carbocycles. The number of nitrogens with one attached hydrogen (secondary N) is 1. The summed E-state index contributed by atoms with van der Waals surface area (Å²) in [5, 5.41) is 4.00. The van der Waals surface area contributed by atoms with Gasteiger partial charge in [-0.3, -0.25) is 9.36 Å². The van der Waals surface area contributed by atoms with Crippen molar-refractivity contribution < 1.29 is 14.2 Å². The van der Waals surface area contributed by atoms with Crippen molar-refractivity contribution in [1.82, 2.24) is 19.4 Å². The highest BCUT2D eigenvalue weighted by atomic mass is 35.5. The van der Waals surface area contributed by atoms with E-state index in [1.165, 1.54) is 4.57 Å². The van der Waals surface area contributed by atoms with Gasteiger partial charge < -0.3 is 24.4 Å². The maximum absolute atomic E-state index is 13.4.